The fourth-order valence-electron chi connectivity index (χ4n) is 2.44. The fraction of sp³-hybridized carbons (Fsp3) is 0.333. The first-order valence-electron chi connectivity index (χ1n) is 9.55. The number of ether oxygens (including phenoxy) is 1. The molecule has 0 aliphatic carbocycles. The number of sulfonamides is 1. The highest BCUT2D eigenvalue weighted by molar-refractivity contribution is 7.89. The Labute approximate surface area is 171 Å². The van der Waals surface area contributed by atoms with Gasteiger partial charge in [-0.05, 0) is 55.3 Å². The van der Waals surface area contributed by atoms with Crippen LogP contribution < -0.4 is 10.0 Å². The molecule has 2 rings (SSSR count). The number of anilines is 1. The van der Waals surface area contributed by atoms with Crippen LogP contribution in [0.25, 0.3) is 0 Å². The molecule has 0 atom stereocenters. The van der Waals surface area contributed by atoms with Crippen LogP contribution in [0.4, 0.5) is 5.69 Å². The minimum absolute atomic E-state index is 0.0373. The van der Waals surface area contributed by atoms with Crippen LogP contribution in [0.15, 0.2) is 53.4 Å². The van der Waals surface area contributed by atoms with Gasteiger partial charge < -0.3 is 10.1 Å². The summed E-state index contributed by atoms with van der Waals surface area (Å²) >= 11 is 0. The van der Waals surface area contributed by atoms with Gasteiger partial charge in [0, 0.05) is 17.8 Å². The maximum absolute atomic E-state index is 12.5. The Hall–Kier alpha value is -2.71. The van der Waals surface area contributed by atoms with Gasteiger partial charge in [0.1, 0.15) is 0 Å². The number of unbranched alkanes of at least 4 members (excludes halogenated alkanes) is 1. The molecule has 2 N–H and O–H groups in total. The summed E-state index contributed by atoms with van der Waals surface area (Å²) in [7, 11) is -3.67. The van der Waals surface area contributed by atoms with Crippen molar-refractivity contribution in [3.05, 3.63) is 59.7 Å². The number of carbonyl (C=O) groups excluding carboxylic acids is 2. The third-order valence-electron chi connectivity index (χ3n) is 4.04. The maximum atomic E-state index is 12.5. The van der Waals surface area contributed by atoms with E-state index in [0.717, 1.165) is 19.3 Å². The van der Waals surface area contributed by atoms with Crippen LogP contribution in [0.2, 0.25) is 0 Å². The highest BCUT2D eigenvalue weighted by atomic mass is 32.2. The number of rotatable bonds is 10. The number of benzene rings is 2. The van der Waals surface area contributed by atoms with Crippen molar-refractivity contribution < 1.29 is 22.7 Å². The summed E-state index contributed by atoms with van der Waals surface area (Å²) in [5.74, 6) is -0.866. The number of hydrogen-bond acceptors (Lipinski definition) is 5. The maximum Gasteiger partial charge on any atom is 0.338 e. The van der Waals surface area contributed by atoms with Crippen LogP contribution in [-0.2, 0) is 14.8 Å². The number of nitrogens with one attached hydrogen (secondary N) is 2. The number of esters is 1. The average Bonchev–Trinajstić information content (AvgIpc) is 2.72. The molecule has 0 aliphatic rings. The van der Waals surface area contributed by atoms with E-state index in [1.807, 2.05) is 13.8 Å². The largest absolute Gasteiger partial charge is 0.462 e. The molecule has 0 spiro atoms. The molecule has 7 nitrogen and oxygen atoms in total. The molecule has 0 saturated carbocycles. The highest BCUT2D eigenvalue weighted by Gasteiger charge is 2.16. The summed E-state index contributed by atoms with van der Waals surface area (Å²) < 4.78 is 32.2. The molecule has 156 valence electrons. The van der Waals surface area contributed by atoms with E-state index in [2.05, 4.69) is 10.0 Å². The molecule has 8 heteroatoms. The summed E-state index contributed by atoms with van der Waals surface area (Å²) in [6.07, 6.45) is 2.35. The van der Waals surface area contributed by atoms with Crippen LogP contribution in [0.5, 0.6) is 0 Å². The minimum Gasteiger partial charge on any atom is -0.462 e. The van der Waals surface area contributed by atoms with Gasteiger partial charge in [-0.1, -0.05) is 26.3 Å². The predicted molar refractivity (Wildman–Crippen MR) is 112 cm³/mol. The van der Waals surface area contributed by atoms with Crippen molar-refractivity contribution in [1.29, 1.82) is 0 Å². The first-order chi connectivity index (χ1) is 13.9. The van der Waals surface area contributed by atoms with Crippen molar-refractivity contribution in [1.82, 2.24) is 4.72 Å². The van der Waals surface area contributed by atoms with Gasteiger partial charge >= 0.3 is 5.97 Å². The van der Waals surface area contributed by atoms with Gasteiger partial charge in [0.2, 0.25) is 10.0 Å². The van der Waals surface area contributed by atoms with Crippen molar-refractivity contribution in [3.8, 4) is 0 Å². The summed E-state index contributed by atoms with van der Waals surface area (Å²) in [6, 6.07) is 12.1. The molecule has 29 heavy (non-hydrogen) atoms. The molecule has 0 radical (unpaired) electrons. The van der Waals surface area contributed by atoms with E-state index in [0.29, 0.717) is 24.4 Å². The monoisotopic (exact) mass is 418 g/mol. The lowest BCUT2D eigenvalue weighted by Gasteiger charge is -2.09. The SMILES string of the molecule is CCCCNS(=O)(=O)c1cccc(C(=O)Nc2ccc(C(=O)OCCC)cc2)c1. The van der Waals surface area contributed by atoms with Crippen LogP contribution in [-0.4, -0.2) is 33.4 Å². The Morgan fingerprint density at radius 1 is 0.966 bits per heavy atom. The van der Waals surface area contributed by atoms with Crippen molar-refractivity contribution in [2.45, 2.75) is 38.0 Å². The second-order valence-corrected chi connectivity index (χ2v) is 8.21. The molecular formula is C21H26N2O5S. The Morgan fingerprint density at radius 3 is 2.34 bits per heavy atom. The normalized spacial score (nSPS) is 11.1. The van der Waals surface area contributed by atoms with Crippen molar-refractivity contribution in [2.24, 2.45) is 0 Å². The second-order valence-electron chi connectivity index (χ2n) is 6.45. The third kappa shape index (κ3) is 6.69. The summed E-state index contributed by atoms with van der Waals surface area (Å²) in [5.41, 5.74) is 1.09. The molecule has 1 amide bonds. The molecule has 0 unspecified atom stereocenters. The summed E-state index contributed by atoms with van der Waals surface area (Å²) in [4.78, 5) is 24.3. The van der Waals surface area contributed by atoms with Gasteiger partial charge in [-0.3, -0.25) is 4.79 Å². The number of amides is 1. The average molecular weight is 419 g/mol. The van der Waals surface area contributed by atoms with Gasteiger partial charge in [-0.15, -0.1) is 0 Å². The zero-order valence-electron chi connectivity index (χ0n) is 16.6. The predicted octanol–water partition coefficient (Wildman–Crippen LogP) is 3.58. The second kappa shape index (κ2) is 10.7. The minimum atomic E-state index is -3.67. The van der Waals surface area contributed by atoms with Gasteiger partial charge in [0.25, 0.3) is 5.91 Å². The van der Waals surface area contributed by atoms with Crippen molar-refractivity contribution in [3.63, 3.8) is 0 Å². The lowest BCUT2D eigenvalue weighted by atomic mass is 10.2. The highest BCUT2D eigenvalue weighted by Crippen LogP contribution is 2.15. The molecule has 0 bridgehead atoms. The fourth-order valence-corrected chi connectivity index (χ4v) is 3.56. The lowest BCUT2D eigenvalue weighted by molar-refractivity contribution is 0.0505. The molecule has 0 heterocycles. The smallest absolute Gasteiger partial charge is 0.338 e. The Bertz CT molecular complexity index is 940. The zero-order chi connectivity index (χ0) is 21.3. The molecule has 2 aromatic rings. The first-order valence-corrected chi connectivity index (χ1v) is 11.0. The van der Waals surface area contributed by atoms with E-state index in [-0.39, 0.29) is 10.5 Å². The molecular weight excluding hydrogens is 392 g/mol. The standard InChI is InChI=1S/C21H26N2O5S/c1-3-5-13-22-29(26,27)19-8-6-7-17(15-19)20(24)23-18-11-9-16(10-12-18)21(25)28-14-4-2/h6-12,15,22H,3-5,13-14H2,1-2H3,(H,23,24). The van der Waals surface area contributed by atoms with E-state index >= 15 is 0 Å². The molecule has 0 aromatic heterocycles. The topological polar surface area (TPSA) is 102 Å². The van der Waals surface area contributed by atoms with Gasteiger partial charge in [0.05, 0.1) is 17.1 Å². The van der Waals surface area contributed by atoms with Gasteiger partial charge in [-0.25, -0.2) is 17.9 Å². The van der Waals surface area contributed by atoms with E-state index < -0.39 is 21.9 Å². The molecule has 0 saturated heterocycles. The van der Waals surface area contributed by atoms with Crippen molar-refractivity contribution >= 4 is 27.6 Å². The van der Waals surface area contributed by atoms with E-state index in [1.54, 1.807) is 24.3 Å². The van der Waals surface area contributed by atoms with Gasteiger partial charge in [-0.2, -0.15) is 0 Å². The lowest BCUT2D eigenvalue weighted by Crippen LogP contribution is -2.25. The molecule has 2 aromatic carbocycles. The Kier molecular flexibility index (Phi) is 8.35. The Morgan fingerprint density at radius 2 is 1.69 bits per heavy atom. The molecule has 0 aliphatic heterocycles. The number of carbonyl (C=O) groups is 2. The number of hydrogen-bond donors (Lipinski definition) is 2. The summed E-state index contributed by atoms with van der Waals surface area (Å²) in [6.45, 7) is 4.58. The van der Waals surface area contributed by atoms with Crippen LogP contribution in [0, 0.1) is 0 Å². The van der Waals surface area contributed by atoms with Crippen LogP contribution in [0.1, 0.15) is 53.8 Å². The van der Waals surface area contributed by atoms with E-state index in [1.165, 1.54) is 24.3 Å². The third-order valence-corrected chi connectivity index (χ3v) is 5.50. The zero-order valence-corrected chi connectivity index (χ0v) is 17.4. The van der Waals surface area contributed by atoms with Gasteiger partial charge in [0.15, 0.2) is 0 Å². The first kappa shape index (κ1) is 22.6. The molecule has 0 fully saturated rings. The van der Waals surface area contributed by atoms with E-state index in [4.69, 9.17) is 4.74 Å². The van der Waals surface area contributed by atoms with Crippen molar-refractivity contribution in [2.75, 3.05) is 18.5 Å². The van der Waals surface area contributed by atoms with Crippen LogP contribution >= 0.6 is 0 Å². The summed E-state index contributed by atoms with van der Waals surface area (Å²) in [5, 5.41) is 2.69. The van der Waals surface area contributed by atoms with E-state index in [9.17, 15) is 18.0 Å². The quantitative estimate of drug-likeness (QED) is 0.454. The Balaban J connectivity index is 2.06. The van der Waals surface area contributed by atoms with Crippen LogP contribution in [0.3, 0.4) is 0 Å².